The lowest BCUT2D eigenvalue weighted by Crippen LogP contribution is -2.03. The number of halogens is 1. The molecular weight excluding hydrogens is 284 g/mol. The van der Waals surface area contributed by atoms with E-state index in [9.17, 15) is 0 Å². The van der Waals surface area contributed by atoms with E-state index in [-0.39, 0.29) is 0 Å². The lowest BCUT2D eigenvalue weighted by molar-refractivity contribution is 0.607. The van der Waals surface area contributed by atoms with Gasteiger partial charge in [-0.15, -0.1) is 0 Å². The molecule has 2 rings (SSSR count). The summed E-state index contributed by atoms with van der Waals surface area (Å²) >= 11 is 5.17. The van der Waals surface area contributed by atoms with Crippen LogP contribution in [-0.2, 0) is 0 Å². The molecule has 0 bridgehead atoms. The van der Waals surface area contributed by atoms with Gasteiger partial charge < -0.3 is 5.32 Å². The SMILES string of the molecule is CC(C)CCNc1nc2cc(Br)ccc2s1. The highest BCUT2D eigenvalue weighted by molar-refractivity contribution is 9.10. The van der Waals surface area contributed by atoms with Crippen LogP contribution in [0.5, 0.6) is 0 Å². The van der Waals surface area contributed by atoms with Gasteiger partial charge in [0, 0.05) is 11.0 Å². The van der Waals surface area contributed by atoms with Crippen LogP contribution in [0.4, 0.5) is 5.13 Å². The van der Waals surface area contributed by atoms with Gasteiger partial charge in [0.05, 0.1) is 10.2 Å². The maximum Gasteiger partial charge on any atom is 0.183 e. The molecule has 0 radical (unpaired) electrons. The summed E-state index contributed by atoms with van der Waals surface area (Å²) in [4.78, 5) is 4.55. The molecule has 2 aromatic rings. The first-order valence-electron chi connectivity index (χ1n) is 5.45. The number of benzene rings is 1. The summed E-state index contributed by atoms with van der Waals surface area (Å²) in [5.41, 5.74) is 1.06. The van der Waals surface area contributed by atoms with E-state index < -0.39 is 0 Å². The molecule has 0 fully saturated rings. The highest BCUT2D eigenvalue weighted by Gasteiger charge is 2.03. The zero-order valence-corrected chi connectivity index (χ0v) is 11.9. The number of thiazole rings is 1. The van der Waals surface area contributed by atoms with Gasteiger partial charge in [-0.3, -0.25) is 0 Å². The van der Waals surface area contributed by atoms with Crippen LogP contribution in [0.2, 0.25) is 0 Å². The predicted molar refractivity (Wildman–Crippen MR) is 75.3 cm³/mol. The zero-order chi connectivity index (χ0) is 11.5. The van der Waals surface area contributed by atoms with E-state index >= 15 is 0 Å². The van der Waals surface area contributed by atoms with Gasteiger partial charge in [-0.2, -0.15) is 0 Å². The Morgan fingerprint density at radius 1 is 1.44 bits per heavy atom. The fourth-order valence-corrected chi connectivity index (χ4v) is 2.66. The second-order valence-electron chi connectivity index (χ2n) is 4.24. The number of fused-ring (bicyclic) bond motifs is 1. The van der Waals surface area contributed by atoms with Crippen molar-refractivity contribution in [1.82, 2.24) is 4.98 Å². The Morgan fingerprint density at radius 3 is 3.00 bits per heavy atom. The third-order valence-electron chi connectivity index (χ3n) is 2.35. The van der Waals surface area contributed by atoms with Crippen molar-refractivity contribution in [2.24, 2.45) is 5.92 Å². The first-order valence-corrected chi connectivity index (χ1v) is 7.06. The molecule has 16 heavy (non-hydrogen) atoms. The molecule has 0 aliphatic heterocycles. The molecule has 0 unspecified atom stereocenters. The summed E-state index contributed by atoms with van der Waals surface area (Å²) < 4.78 is 2.31. The minimum Gasteiger partial charge on any atom is -0.361 e. The summed E-state index contributed by atoms with van der Waals surface area (Å²) in [5.74, 6) is 0.732. The Hall–Kier alpha value is -0.610. The van der Waals surface area contributed by atoms with Gasteiger partial charge in [-0.1, -0.05) is 41.1 Å². The second kappa shape index (κ2) is 5.15. The maximum absolute atomic E-state index is 4.55. The Balaban J connectivity index is 2.08. The Labute approximate surface area is 108 Å². The third-order valence-corrected chi connectivity index (χ3v) is 3.83. The van der Waals surface area contributed by atoms with Crippen molar-refractivity contribution in [3.8, 4) is 0 Å². The summed E-state index contributed by atoms with van der Waals surface area (Å²) in [6.45, 7) is 5.47. The highest BCUT2D eigenvalue weighted by atomic mass is 79.9. The molecular formula is C12H15BrN2S. The van der Waals surface area contributed by atoms with Gasteiger partial charge in [-0.25, -0.2) is 4.98 Å². The van der Waals surface area contributed by atoms with Crippen molar-refractivity contribution in [3.05, 3.63) is 22.7 Å². The number of hydrogen-bond donors (Lipinski definition) is 1. The van der Waals surface area contributed by atoms with Gasteiger partial charge in [0.1, 0.15) is 0 Å². The van der Waals surface area contributed by atoms with E-state index in [4.69, 9.17) is 0 Å². The smallest absolute Gasteiger partial charge is 0.183 e. The van der Waals surface area contributed by atoms with E-state index in [1.807, 2.05) is 0 Å². The molecule has 0 aliphatic carbocycles. The normalized spacial score (nSPS) is 11.2. The van der Waals surface area contributed by atoms with Crippen molar-refractivity contribution in [3.63, 3.8) is 0 Å². The Morgan fingerprint density at radius 2 is 2.25 bits per heavy atom. The van der Waals surface area contributed by atoms with Crippen LogP contribution in [0.3, 0.4) is 0 Å². The largest absolute Gasteiger partial charge is 0.361 e. The molecule has 4 heteroatoms. The summed E-state index contributed by atoms with van der Waals surface area (Å²) in [5, 5.41) is 4.40. The minimum atomic E-state index is 0.732. The van der Waals surface area contributed by atoms with Crippen molar-refractivity contribution in [2.45, 2.75) is 20.3 Å². The molecule has 0 atom stereocenters. The number of hydrogen-bond acceptors (Lipinski definition) is 3. The average molecular weight is 299 g/mol. The zero-order valence-electron chi connectivity index (χ0n) is 9.46. The molecule has 1 heterocycles. The van der Waals surface area contributed by atoms with Crippen LogP contribution in [0.1, 0.15) is 20.3 Å². The first-order chi connectivity index (χ1) is 7.65. The van der Waals surface area contributed by atoms with E-state index in [1.54, 1.807) is 11.3 Å². The van der Waals surface area contributed by atoms with Crippen LogP contribution in [0, 0.1) is 5.92 Å². The second-order valence-corrected chi connectivity index (χ2v) is 6.19. The van der Waals surface area contributed by atoms with Crippen molar-refractivity contribution in [2.75, 3.05) is 11.9 Å². The fourth-order valence-electron chi connectivity index (χ4n) is 1.44. The topological polar surface area (TPSA) is 24.9 Å². The van der Waals surface area contributed by atoms with Crippen LogP contribution in [0.15, 0.2) is 22.7 Å². The molecule has 2 nitrogen and oxygen atoms in total. The van der Waals surface area contributed by atoms with Crippen LogP contribution < -0.4 is 5.32 Å². The predicted octanol–water partition coefficient (Wildman–Crippen LogP) is 4.52. The number of nitrogens with one attached hydrogen (secondary N) is 1. The highest BCUT2D eigenvalue weighted by Crippen LogP contribution is 2.28. The molecule has 86 valence electrons. The fraction of sp³-hybridized carbons (Fsp3) is 0.417. The summed E-state index contributed by atoms with van der Waals surface area (Å²) in [7, 11) is 0. The molecule has 0 saturated heterocycles. The molecule has 0 spiro atoms. The quantitative estimate of drug-likeness (QED) is 0.898. The van der Waals surface area contributed by atoms with Crippen molar-refractivity contribution < 1.29 is 0 Å². The summed E-state index contributed by atoms with van der Waals surface area (Å²) in [6.07, 6.45) is 1.18. The minimum absolute atomic E-state index is 0.732. The lowest BCUT2D eigenvalue weighted by Gasteiger charge is -2.04. The molecule has 1 aromatic heterocycles. The average Bonchev–Trinajstić information content (AvgIpc) is 2.58. The van der Waals surface area contributed by atoms with Crippen LogP contribution in [0.25, 0.3) is 10.2 Å². The Kier molecular flexibility index (Phi) is 3.82. The van der Waals surface area contributed by atoms with Crippen LogP contribution >= 0.6 is 27.3 Å². The molecule has 0 amide bonds. The number of aromatic nitrogens is 1. The van der Waals surface area contributed by atoms with Gasteiger partial charge in [-0.05, 0) is 30.5 Å². The number of anilines is 1. The number of nitrogens with zero attached hydrogens (tertiary/aromatic N) is 1. The van der Waals surface area contributed by atoms with Gasteiger partial charge >= 0.3 is 0 Å². The standard InChI is InChI=1S/C12H15BrN2S/c1-8(2)5-6-14-12-15-10-7-9(13)3-4-11(10)16-12/h3-4,7-8H,5-6H2,1-2H3,(H,14,15). The van der Waals surface area contributed by atoms with Gasteiger partial charge in [0.2, 0.25) is 0 Å². The monoisotopic (exact) mass is 298 g/mol. The summed E-state index contributed by atoms with van der Waals surface area (Å²) in [6, 6.07) is 6.21. The van der Waals surface area contributed by atoms with Gasteiger partial charge in [0.15, 0.2) is 5.13 Å². The van der Waals surface area contributed by atoms with E-state index in [0.29, 0.717) is 0 Å². The maximum atomic E-state index is 4.55. The van der Waals surface area contributed by atoms with Crippen LogP contribution in [-0.4, -0.2) is 11.5 Å². The third kappa shape index (κ3) is 2.95. The van der Waals surface area contributed by atoms with Crippen molar-refractivity contribution >= 4 is 42.6 Å². The van der Waals surface area contributed by atoms with Crippen molar-refractivity contribution in [1.29, 1.82) is 0 Å². The molecule has 1 aromatic carbocycles. The first kappa shape index (κ1) is 11.9. The lowest BCUT2D eigenvalue weighted by atomic mass is 10.1. The van der Waals surface area contributed by atoms with E-state index in [2.05, 4.69) is 58.3 Å². The number of rotatable bonds is 4. The van der Waals surface area contributed by atoms with E-state index in [1.165, 1.54) is 11.1 Å². The Bertz CT molecular complexity index is 479. The molecule has 0 aliphatic rings. The molecule has 1 N–H and O–H groups in total. The van der Waals surface area contributed by atoms with E-state index in [0.717, 1.165) is 27.6 Å². The molecule has 0 saturated carbocycles. The van der Waals surface area contributed by atoms with Gasteiger partial charge in [0.25, 0.3) is 0 Å².